The van der Waals surface area contributed by atoms with Crippen molar-refractivity contribution in [2.45, 2.75) is 0 Å². The maximum Gasteiger partial charge on any atom is 0.271 e. The molecule has 0 spiro atoms. The summed E-state index contributed by atoms with van der Waals surface area (Å²) < 4.78 is 35.4. The molecule has 0 radical (unpaired) electrons. The van der Waals surface area contributed by atoms with Gasteiger partial charge in [0.15, 0.2) is 0 Å². The van der Waals surface area contributed by atoms with Gasteiger partial charge in [-0.15, -0.1) is 0 Å². The molecular formula is C17H18N4O9S. The highest BCUT2D eigenvalue weighted by atomic mass is 32.2. The van der Waals surface area contributed by atoms with Gasteiger partial charge in [0.25, 0.3) is 11.4 Å². The Labute approximate surface area is 176 Å². The predicted molar refractivity (Wildman–Crippen MR) is 110 cm³/mol. The molecule has 0 aliphatic carbocycles. The van der Waals surface area contributed by atoms with Crippen LogP contribution in [0.3, 0.4) is 0 Å². The van der Waals surface area contributed by atoms with Crippen LogP contribution in [0.2, 0.25) is 0 Å². The van der Waals surface area contributed by atoms with Gasteiger partial charge in [0.1, 0.15) is 23.7 Å². The standard InChI is InChI=1S/C17H18N4O9S/c1-29-15-6-4-11(20(23)24)8-13(15)18-17(22)10-19(31(3,27)28)14-9-12(21(25)26)5-7-16(14)30-2/h4-9H,10H2,1-3H3,(H,18,22). The van der Waals surface area contributed by atoms with Crippen LogP contribution >= 0.6 is 0 Å². The molecule has 0 aliphatic heterocycles. The number of nitrogens with zero attached hydrogens (tertiary/aromatic N) is 3. The monoisotopic (exact) mass is 454 g/mol. The third-order valence-corrected chi connectivity index (χ3v) is 5.12. The third kappa shape index (κ3) is 5.57. The second-order valence-corrected chi connectivity index (χ2v) is 7.98. The lowest BCUT2D eigenvalue weighted by atomic mass is 10.2. The van der Waals surface area contributed by atoms with Gasteiger partial charge in [-0.3, -0.25) is 29.3 Å². The Morgan fingerprint density at radius 3 is 2.00 bits per heavy atom. The van der Waals surface area contributed by atoms with Crippen molar-refractivity contribution in [3.05, 3.63) is 56.6 Å². The normalized spacial score (nSPS) is 10.8. The average Bonchev–Trinajstić information content (AvgIpc) is 2.70. The minimum Gasteiger partial charge on any atom is -0.495 e. The van der Waals surface area contributed by atoms with Gasteiger partial charge in [0.2, 0.25) is 15.9 Å². The van der Waals surface area contributed by atoms with E-state index in [4.69, 9.17) is 9.47 Å². The Kier molecular flexibility index (Phi) is 6.97. The Bertz CT molecular complexity index is 1130. The number of hydrogen-bond donors (Lipinski definition) is 1. The fourth-order valence-electron chi connectivity index (χ4n) is 2.60. The molecule has 14 heteroatoms. The van der Waals surface area contributed by atoms with Gasteiger partial charge in [-0.25, -0.2) is 8.42 Å². The minimum atomic E-state index is -4.09. The Hall–Kier alpha value is -3.94. The van der Waals surface area contributed by atoms with E-state index in [-0.39, 0.29) is 28.6 Å². The Balaban J connectivity index is 2.43. The molecule has 1 N–H and O–H groups in total. The van der Waals surface area contributed by atoms with Gasteiger partial charge in [0.05, 0.1) is 36.0 Å². The molecule has 31 heavy (non-hydrogen) atoms. The lowest BCUT2D eigenvalue weighted by Crippen LogP contribution is -2.37. The Morgan fingerprint density at radius 2 is 1.52 bits per heavy atom. The quantitative estimate of drug-likeness (QED) is 0.439. The zero-order valence-corrected chi connectivity index (χ0v) is 17.4. The highest BCUT2D eigenvalue weighted by molar-refractivity contribution is 7.92. The molecule has 2 rings (SSSR count). The van der Waals surface area contributed by atoms with E-state index in [9.17, 15) is 33.4 Å². The number of non-ortho nitro benzene ring substituents is 2. The number of sulfonamides is 1. The predicted octanol–water partition coefficient (Wildman–Crippen LogP) is 1.92. The number of hydrogen-bond acceptors (Lipinski definition) is 9. The fourth-order valence-corrected chi connectivity index (χ4v) is 3.45. The van der Waals surface area contributed by atoms with Crippen LogP contribution in [0.5, 0.6) is 11.5 Å². The van der Waals surface area contributed by atoms with Gasteiger partial charge >= 0.3 is 0 Å². The number of carbonyl (C=O) groups excluding carboxylic acids is 1. The number of carbonyl (C=O) groups is 1. The maximum atomic E-state index is 12.6. The van der Waals surface area contributed by atoms with E-state index in [1.54, 1.807) is 0 Å². The summed E-state index contributed by atoms with van der Waals surface area (Å²) in [6.45, 7) is -0.789. The van der Waals surface area contributed by atoms with E-state index in [2.05, 4.69) is 5.32 Å². The van der Waals surface area contributed by atoms with Crippen molar-refractivity contribution in [2.24, 2.45) is 0 Å². The highest BCUT2D eigenvalue weighted by Crippen LogP contribution is 2.34. The first-order valence-electron chi connectivity index (χ1n) is 8.40. The largest absolute Gasteiger partial charge is 0.495 e. The molecule has 0 fully saturated rings. The molecule has 2 aromatic carbocycles. The molecule has 0 saturated heterocycles. The number of nitrogens with one attached hydrogen (secondary N) is 1. The second kappa shape index (κ2) is 9.25. The van der Waals surface area contributed by atoms with Gasteiger partial charge in [-0.2, -0.15) is 0 Å². The number of nitro benzene ring substituents is 2. The fraction of sp³-hybridized carbons (Fsp3) is 0.235. The average molecular weight is 454 g/mol. The minimum absolute atomic E-state index is 0.0169. The smallest absolute Gasteiger partial charge is 0.271 e. The SMILES string of the molecule is COc1ccc([N+](=O)[O-])cc1NC(=O)CN(c1cc([N+](=O)[O-])ccc1OC)S(C)(=O)=O. The van der Waals surface area contributed by atoms with E-state index in [1.807, 2.05) is 0 Å². The first kappa shape index (κ1) is 23.3. The van der Waals surface area contributed by atoms with Crippen LogP contribution in [0.25, 0.3) is 0 Å². The van der Waals surface area contributed by atoms with Crippen LogP contribution in [0.4, 0.5) is 22.7 Å². The van der Waals surface area contributed by atoms with Crippen LogP contribution in [0.1, 0.15) is 0 Å². The van der Waals surface area contributed by atoms with Crippen molar-refractivity contribution in [2.75, 3.05) is 36.6 Å². The molecule has 0 atom stereocenters. The molecule has 0 saturated carbocycles. The van der Waals surface area contributed by atoms with E-state index < -0.39 is 38.0 Å². The van der Waals surface area contributed by atoms with E-state index in [0.717, 1.165) is 24.5 Å². The zero-order chi connectivity index (χ0) is 23.3. The first-order valence-corrected chi connectivity index (χ1v) is 10.2. The van der Waals surface area contributed by atoms with Crippen molar-refractivity contribution in [3.8, 4) is 11.5 Å². The van der Waals surface area contributed by atoms with Crippen molar-refractivity contribution in [1.82, 2.24) is 0 Å². The molecular weight excluding hydrogens is 436 g/mol. The molecule has 0 aliphatic rings. The van der Waals surface area contributed by atoms with Crippen molar-refractivity contribution >= 4 is 38.7 Å². The summed E-state index contributed by atoms with van der Waals surface area (Å²) in [7, 11) is -1.57. The highest BCUT2D eigenvalue weighted by Gasteiger charge is 2.27. The van der Waals surface area contributed by atoms with Gasteiger partial charge in [-0.1, -0.05) is 0 Å². The van der Waals surface area contributed by atoms with Crippen LogP contribution in [-0.2, 0) is 14.8 Å². The van der Waals surface area contributed by atoms with Crippen LogP contribution in [0.15, 0.2) is 36.4 Å². The van der Waals surface area contributed by atoms with Crippen LogP contribution in [-0.4, -0.2) is 51.2 Å². The topological polar surface area (TPSA) is 171 Å². The van der Waals surface area contributed by atoms with Gasteiger partial charge in [0, 0.05) is 24.3 Å². The third-order valence-electron chi connectivity index (χ3n) is 4.00. The number of rotatable bonds is 9. The summed E-state index contributed by atoms with van der Waals surface area (Å²) in [4.78, 5) is 33.3. The zero-order valence-electron chi connectivity index (χ0n) is 16.6. The first-order chi connectivity index (χ1) is 14.5. The lowest BCUT2D eigenvalue weighted by Gasteiger charge is -2.23. The Morgan fingerprint density at radius 1 is 1.00 bits per heavy atom. The number of benzene rings is 2. The molecule has 0 aromatic heterocycles. The molecule has 0 bridgehead atoms. The number of anilines is 2. The van der Waals surface area contributed by atoms with E-state index >= 15 is 0 Å². The van der Waals surface area contributed by atoms with E-state index in [1.165, 1.54) is 32.4 Å². The summed E-state index contributed by atoms with van der Waals surface area (Å²) >= 11 is 0. The molecule has 1 amide bonds. The summed E-state index contributed by atoms with van der Waals surface area (Å²) in [5.41, 5.74) is -1.01. The number of amides is 1. The summed E-state index contributed by atoms with van der Waals surface area (Å²) in [6, 6.07) is 6.78. The van der Waals surface area contributed by atoms with Gasteiger partial charge < -0.3 is 14.8 Å². The maximum absolute atomic E-state index is 12.6. The summed E-state index contributed by atoms with van der Waals surface area (Å²) in [5.74, 6) is -0.785. The molecule has 0 heterocycles. The summed E-state index contributed by atoms with van der Waals surface area (Å²) in [5, 5.41) is 24.4. The molecule has 0 unspecified atom stereocenters. The van der Waals surface area contributed by atoms with Gasteiger partial charge in [-0.05, 0) is 12.1 Å². The number of methoxy groups -OCH3 is 2. The van der Waals surface area contributed by atoms with Crippen LogP contribution < -0.4 is 19.1 Å². The van der Waals surface area contributed by atoms with Crippen molar-refractivity contribution < 1.29 is 32.5 Å². The molecule has 166 valence electrons. The van der Waals surface area contributed by atoms with Crippen LogP contribution in [0, 0.1) is 20.2 Å². The van der Waals surface area contributed by atoms with E-state index in [0.29, 0.717) is 4.31 Å². The number of ether oxygens (including phenoxy) is 2. The molecule has 13 nitrogen and oxygen atoms in total. The van der Waals surface area contributed by atoms with Crippen molar-refractivity contribution in [1.29, 1.82) is 0 Å². The lowest BCUT2D eigenvalue weighted by molar-refractivity contribution is -0.385. The second-order valence-electron chi connectivity index (χ2n) is 6.07. The van der Waals surface area contributed by atoms with Crippen molar-refractivity contribution in [3.63, 3.8) is 0 Å². The molecule has 2 aromatic rings. The summed E-state index contributed by atoms with van der Waals surface area (Å²) in [6.07, 6.45) is 0.812. The number of nitro groups is 2.